The molecule has 0 fully saturated rings. The lowest BCUT2D eigenvalue weighted by molar-refractivity contribution is -0.146. The van der Waals surface area contributed by atoms with Gasteiger partial charge in [-0.25, -0.2) is 8.42 Å². The van der Waals surface area contributed by atoms with Crippen LogP contribution in [0.1, 0.15) is 29.2 Å². The smallest absolute Gasteiger partial charge is 0.308 e. The predicted octanol–water partition coefficient (Wildman–Crippen LogP) is 4.82. The molecule has 156 valence electrons. The highest BCUT2D eigenvalue weighted by Crippen LogP contribution is 2.37. The second kappa shape index (κ2) is 8.89. The number of benzene rings is 2. The van der Waals surface area contributed by atoms with Crippen molar-refractivity contribution < 1.29 is 17.9 Å². The molecular formula is C22H20ClNO4S2. The van der Waals surface area contributed by atoms with Crippen molar-refractivity contribution in [1.29, 1.82) is 0 Å². The van der Waals surface area contributed by atoms with Gasteiger partial charge in [-0.1, -0.05) is 54.1 Å². The summed E-state index contributed by atoms with van der Waals surface area (Å²) in [5.41, 5.74) is 2.69. The lowest BCUT2D eigenvalue weighted by Gasteiger charge is -2.35. The monoisotopic (exact) mass is 461 g/mol. The van der Waals surface area contributed by atoms with Crippen molar-refractivity contribution in [2.24, 2.45) is 0 Å². The molecule has 1 aliphatic rings. The minimum atomic E-state index is -3.70. The first-order valence-electron chi connectivity index (χ1n) is 9.48. The van der Waals surface area contributed by atoms with Gasteiger partial charge in [-0.05, 0) is 46.7 Å². The largest absolute Gasteiger partial charge is 0.461 e. The van der Waals surface area contributed by atoms with Crippen LogP contribution in [0.2, 0.25) is 5.02 Å². The lowest BCUT2D eigenvalue weighted by atomic mass is 9.92. The Morgan fingerprint density at radius 3 is 2.73 bits per heavy atom. The van der Waals surface area contributed by atoms with Crippen LogP contribution in [0.25, 0.3) is 0 Å². The quantitative estimate of drug-likeness (QED) is 0.493. The first kappa shape index (κ1) is 21.1. The van der Waals surface area contributed by atoms with E-state index >= 15 is 0 Å². The zero-order valence-corrected chi connectivity index (χ0v) is 18.4. The normalized spacial score (nSPS) is 16.8. The Hall–Kier alpha value is -2.19. The average Bonchev–Trinajstić information content (AvgIpc) is 3.28. The molecule has 0 amide bonds. The number of nitrogens with zero attached hydrogens (tertiary/aromatic N) is 1. The molecule has 1 atom stereocenters. The van der Waals surface area contributed by atoms with Crippen LogP contribution in [0.4, 0.5) is 0 Å². The highest BCUT2D eigenvalue weighted by atomic mass is 35.5. The number of fused-ring (bicyclic) bond motifs is 1. The minimum absolute atomic E-state index is 0.0534. The standard InChI is InChI=1S/C22H20ClNO4S2/c23-18-7-3-5-16(13-18)15-28-21(25)14-20-19-8-2-1-6-17(19)10-11-24(20)30(26,27)22-9-4-12-29-22/h1-9,12-13,20H,10-11,14-15H2. The van der Waals surface area contributed by atoms with Crippen molar-refractivity contribution in [3.05, 3.63) is 87.8 Å². The van der Waals surface area contributed by atoms with E-state index in [2.05, 4.69) is 0 Å². The minimum Gasteiger partial charge on any atom is -0.461 e. The number of carbonyl (C=O) groups excluding carboxylic acids is 1. The summed E-state index contributed by atoms with van der Waals surface area (Å²) in [6.07, 6.45) is 0.553. The van der Waals surface area contributed by atoms with Gasteiger partial charge in [0.15, 0.2) is 0 Å². The number of carbonyl (C=O) groups is 1. The molecule has 0 saturated carbocycles. The molecule has 2 heterocycles. The van der Waals surface area contributed by atoms with Gasteiger partial charge in [0.05, 0.1) is 12.5 Å². The van der Waals surface area contributed by atoms with E-state index in [1.54, 1.807) is 35.7 Å². The van der Waals surface area contributed by atoms with Gasteiger partial charge < -0.3 is 4.74 Å². The van der Waals surface area contributed by atoms with E-state index in [9.17, 15) is 13.2 Å². The summed E-state index contributed by atoms with van der Waals surface area (Å²) in [5, 5.41) is 2.30. The molecule has 5 nitrogen and oxygen atoms in total. The fourth-order valence-corrected chi connectivity index (χ4v) is 6.60. The molecule has 8 heteroatoms. The molecule has 1 aliphatic heterocycles. The van der Waals surface area contributed by atoms with Crippen LogP contribution >= 0.6 is 22.9 Å². The second-order valence-corrected chi connectivity index (χ2v) is 10.5. The third-order valence-electron chi connectivity index (χ3n) is 5.07. The maximum Gasteiger partial charge on any atom is 0.308 e. The number of thiophene rings is 1. The fraction of sp³-hybridized carbons (Fsp3) is 0.227. The number of rotatable bonds is 6. The van der Waals surface area contributed by atoms with Crippen LogP contribution in [0.3, 0.4) is 0 Å². The van der Waals surface area contributed by atoms with E-state index in [1.807, 2.05) is 30.3 Å². The molecule has 30 heavy (non-hydrogen) atoms. The van der Waals surface area contributed by atoms with Gasteiger partial charge in [-0.3, -0.25) is 4.79 Å². The van der Waals surface area contributed by atoms with E-state index < -0.39 is 22.0 Å². The summed E-state index contributed by atoms with van der Waals surface area (Å²) in [6.45, 7) is 0.412. The van der Waals surface area contributed by atoms with Crippen molar-refractivity contribution in [3.63, 3.8) is 0 Å². The summed E-state index contributed by atoms with van der Waals surface area (Å²) >= 11 is 7.15. The molecule has 1 aromatic heterocycles. The highest BCUT2D eigenvalue weighted by molar-refractivity contribution is 7.91. The summed E-state index contributed by atoms with van der Waals surface area (Å²) in [6, 6.07) is 17.5. The van der Waals surface area contributed by atoms with Gasteiger partial charge in [0, 0.05) is 11.6 Å². The van der Waals surface area contributed by atoms with E-state index in [4.69, 9.17) is 16.3 Å². The highest BCUT2D eigenvalue weighted by Gasteiger charge is 2.38. The van der Waals surface area contributed by atoms with Crippen molar-refractivity contribution >= 4 is 38.9 Å². The van der Waals surface area contributed by atoms with Crippen LogP contribution in [0, 0.1) is 0 Å². The number of esters is 1. The Balaban J connectivity index is 1.57. The zero-order valence-electron chi connectivity index (χ0n) is 16.0. The van der Waals surface area contributed by atoms with Crippen molar-refractivity contribution in [2.75, 3.05) is 6.54 Å². The molecule has 0 N–H and O–H groups in total. The van der Waals surface area contributed by atoms with E-state index in [1.165, 1.54) is 15.6 Å². The van der Waals surface area contributed by atoms with Gasteiger partial charge in [0.1, 0.15) is 10.8 Å². The van der Waals surface area contributed by atoms with Gasteiger partial charge in [-0.2, -0.15) is 4.31 Å². The SMILES string of the molecule is O=C(CC1c2ccccc2CCN1S(=O)(=O)c1cccs1)OCc1cccc(Cl)c1. The molecule has 4 rings (SSSR count). The Morgan fingerprint density at radius 2 is 1.97 bits per heavy atom. The van der Waals surface area contributed by atoms with Crippen molar-refractivity contribution in [2.45, 2.75) is 29.7 Å². The molecular weight excluding hydrogens is 442 g/mol. The molecule has 3 aromatic rings. The summed E-state index contributed by atoms with van der Waals surface area (Å²) in [7, 11) is -3.70. The van der Waals surface area contributed by atoms with Crippen LogP contribution < -0.4 is 0 Å². The summed E-state index contributed by atoms with van der Waals surface area (Å²) in [4.78, 5) is 12.7. The average molecular weight is 462 g/mol. The number of sulfonamides is 1. The van der Waals surface area contributed by atoms with Crippen LogP contribution in [0.5, 0.6) is 0 Å². The third-order valence-corrected chi connectivity index (χ3v) is 8.59. The molecule has 0 aliphatic carbocycles. The number of halogens is 1. The molecule has 0 radical (unpaired) electrons. The predicted molar refractivity (Wildman–Crippen MR) is 117 cm³/mol. The molecule has 0 spiro atoms. The topological polar surface area (TPSA) is 63.7 Å². The van der Waals surface area contributed by atoms with Crippen molar-refractivity contribution in [1.82, 2.24) is 4.31 Å². The number of hydrogen-bond acceptors (Lipinski definition) is 5. The number of ether oxygens (including phenoxy) is 1. The lowest BCUT2D eigenvalue weighted by Crippen LogP contribution is -2.40. The van der Waals surface area contributed by atoms with Crippen LogP contribution in [-0.4, -0.2) is 25.2 Å². The van der Waals surface area contributed by atoms with Crippen LogP contribution in [-0.2, 0) is 32.6 Å². The number of hydrogen-bond donors (Lipinski definition) is 0. The summed E-state index contributed by atoms with van der Waals surface area (Å²) in [5.74, 6) is -0.456. The molecule has 2 aromatic carbocycles. The third kappa shape index (κ3) is 4.44. The molecule has 0 bridgehead atoms. The summed E-state index contributed by atoms with van der Waals surface area (Å²) < 4.78 is 33.6. The van der Waals surface area contributed by atoms with E-state index in [0.717, 1.165) is 16.7 Å². The van der Waals surface area contributed by atoms with Crippen LogP contribution in [0.15, 0.2) is 70.3 Å². The zero-order chi connectivity index (χ0) is 21.1. The first-order valence-corrected chi connectivity index (χ1v) is 12.2. The van der Waals surface area contributed by atoms with E-state index in [-0.39, 0.29) is 17.2 Å². The maximum absolute atomic E-state index is 13.2. The Bertz CT molecular complexity index is 1150. The Morgan fingerprint density at radius 1 is 1.13 bits per heavy atom. The van der Waals surface area contributed by atoms with Gasteiger partial charge in [0.25, 0.3) is 10.0 Å². The molecule has 0 saturated heterocycles. The van der Waals surface area contributed by atoms with E-state index in [0.29, 0.717) is 18.0 Å². The maximum atomic E-state index is 13.2. The fourth-order valence-electron chi connectivity index (χ4n) is 3.66. The first-order chi connectivity index (χ1) is 14.4. The Kier molecular flexibility index (Phi) is 6.24. The second-order valence-electron chi connectivity index (χ2n) is 7.01. The molecule has 1 unspecified atom stereocenters. The van der Waals surface area contributed by atoms with Gasteiger partial charge in [0.2, 0.25) is 0 Å². The van der Waals surface area contributed by atoms with Gasteiger partial charge >= 0.3 is 5.97 Å². The van der Waals surface area contributed by atoms with Gasteiger partial charge in [-0.15, -0.1) is 11.3 Å². The van der Waals surface area contributed by atoms with Crippen molar-refractivity contribution in [3.8, 4) is 0 Å². The Labute approximate surface area is 184 Å².